The molecule has 1 N–H and O–H groups in total. The monoisotopic (exact) mass is 224 g/mol. The third-order valence-electron chi connectivity index (χ3n) is 1.54. The Morgan fingerprint density at radius 1 is 1.36 bits per heavy atom. The molecule has 76 valence electrons. The van der Waals surface area contributed by atoms with Crippen molar-refractivity contribution in [2.75, 3.05) is 0 Å². The van der Waals surface area contributed by atoms with E-state index in [1.54, 1.807) is 0 Å². The number of carbonyl (C=O) groups excluding carboxylic acids is 1. The SMILES string of the molecule is O=C(Cl)c1cc(C(F)(F)F)ccc1O. The van der Waals surface area contributed by atoms with Gasteiger partial charge in [-0.15, -0.1) is 0 Å². The number of phenols is 1. The number of carbonyl (C=O) groups is 1. The molecular formula is C8H4ClF3O2. The van der Waals surface area contributed by atoms with Crippen molar-refractivity contribution in [3.05, 3.63) is 29.3 Å². The standard InChI is InChI=1S/C8H4ClF3O2/c9-7(14)5-3-4(8(10,11)12)1-2-6(5)13/h1-3,13H. The molecule has 0 aliphatic rings. The van der Waals surface area contributed by atoms with E-state index in [2.05, 4.69) is 0 Å². The maximum Gasteiger partial charge on any atom is 0.416 e. The summed E-state index contributed by atoms with van der Waals surface area (Å²) in [6, 6.07) is 1.95. The third-order valence-corrected chi connectivity index (χ3v) is 1.74. The molecule has 14 heavy (non-hydrogen) atoms. The molecule has 1 aromatic carbocycles. The van der Waals surface area contributed by atoms with Crippen molar-refractivity contribution >= 4 is 16.8 Å². The first-order valence-electron chi connectivity index (χ1n) is 3.42. The first kappa shape index (κ1) is 10.8. The summed E-state index contributed by atoms with van der Waals surface area (Å²) in [6.45, 7) is 0. The highest BCUT2D eigenvalue weighted by Crippen LogP contribution is 2.32. The molecule has 0 atom stereocenters. The number of aromatic hydroxyl groups is 1. The second kappa shape index (κ2) is 3.49. The van der Waals surface area contributed by atoms with Gasteiger partial charge in [0.2, 0.25) is 0 Å². The first-order chi connectivity index (χ1) is 6.32. The van der Waals surface area contributed by atoms with E-state index >= 15 is 0 Å². The fraction of sp³-hybridized carbons (Fsp3) is 0.125. The van der Waals surface area contributed by atoms with Crippen molar-refractivity contribution < 1.29 is 23.1 Å². The fourth-order valence-corrected chi connectivity index (χ4v) is 1.02. The van der Waals surface area contributed by atoms with Gasteiger partial charge in [0, 0.05) is 0 Å². The molecule has 1 aromatic rings. The number of hydrogen-bond acceptors (Lipinski definition) is 2. The van der Waals surface area contributed by atoms with Crippen LogP contribution in [0.3, 0.4) is 0 Å². The number of hydrogen-bond donors (Lipinski definition) is 1. The van der Waals surface area contributed by atoms with Gasteiger partial charge in [0.05, 0.1) is 11.1 Å². The van der Waals surface area contributed by atoms with E-state index < -0.39 is 28.3 Å². The molecule has 0 radical (unpaired) electrons. The van der Waals surface area contributed by atoms with Crippen molar-refractivity contribution in [1.29, 1.82) is 0 Å². The summed E-state index contributed by atoms with van der Waals surface area (Å²) < 4.78 is 36.4. The van der Waals surface area contributed by atoms with E-state index in [0.29, 0.717) is 12.1 Å². The van der Waals surface area contributed by atoms with Gasteiger partial charge in [0.1, 0.15) is 5.75 Å². The number of alkyl halides is 3. The summed E-state index contributed by atoms with van der Waals surface area (Å²) in [7, 11) is 0. The minimum atomic E-state index is -4.56. The second-order valence-electron chi connectivity index (χ2n) is 2.50. The Kier molecular flexibility index (Phi) is 2.71. The highest BCUT2D eigenvalue weighted by molar-refractivity contribution is 6.68. The largest absolute Gasteiger partial charge is 0.507 e. The van der Waals surface area contributed by atoms with Crippen molar-refractivity contribution in [3.63, 3.8) is 0 Å². The van der Waals surface area contributed by atoms with E-state index in [9.17, 15) is 18.0 Å². The van der Waals surface area contributed by atoms with Gasteiger partial charge in [-0.2, -0.15) is 13.2 Å². The van der Waals surface area contributed by atoms with Gasteiger partial charge in [0.15, 0.2) is 0 Å². The number of halogens is 4. The summed E-state index contributed by atoms with van der Waals surface area (Å²) in [5, 5.41) is 7.87. The third kappa shape index (κ3) is 2.17. The van der Waals surface area contributed by atoms with Crippen LogP contribution in [0, 0.1) is 0 Å². The maximum atomic E-state index is 12.1. The topological polar surface area (TPSA) is 37.3 Å². The van der Waals surface area contributed by atoms with Gasteiger partial charge in [-0.1, -0.05) is 0 Å². The van der Waals surface area contributed by atoms with Gasteiger partial charge in [-0.25, -0.2) is 0 Å². The van der Waals surface area contributed by atoms with Crippen molar-refractivity contribution in [1.82, 2.24) is 0 Å². The predicted octanol–water partition coefficient (Wildman–Crippen LogP) is 2.79. The normalized spacial score (nSPS) is 11.4. The van der Waals surface area contributed by atoms with E-state index in [1.807, 2.05) is 0 Å². The molecule has 0 aromatic heterocycles. The Labute approximate surface area is 81.9 Å². The smallest absolute Gasteiger partial charge is 0.416 e. The molecule has 0 amide bonds. The summed E-state index contributed by atoms with van der Waals surface area (Å²) in [6.07, 6.45) is -4.56. The van der Waals surface area contributed by atoms with Crippen LogP contribution in [0.25, 0.3) is 0 Å². The van der Waals surface area contributed by atoms with Crippen LogP contribution in [0.15, 0.2) is 18.2 Å². The maximum absolute atomic E-state index is 12.1. The molecule has 1 rings (SSSR count). The highest BCUT2D eigenvalue weighted by atomic mass is 35.5. The van der Waals surface area contributed by atoms with Crippen LogP contribution in [0.1, 0.15) is 15.9 Å². The van der Waals surface area contributed by atoms with Crippen LogP contribution in [0.2, 0.25) is 0 Å². The lowest BCUT2D eigenvalue weighted by atomic mass is 10.1. The summed E-state index contributed by atoms with van der Waals surface area (Å²) in [5.74, 6) is -0.571. The fourth-order valence-electron chi connectivity index (χ4n) is 0.870. The minimum Gasteiger partial charge on any atom is -0.507 e. The molecule has 0 bridgehead atoms. The number of rotatable bonds is 1. The number of phenolic OH excluding ortho intramolecular Hbond substituents is 1. The summed E-state index contributed by atoms with van der Waals surface area (Å²) >= 11 is 4.96. The van der Waals surface area contributed by atoms with Gasteiger partial charge in [0.25, 0.3) is 5.24 Å². The van der Waals surface area contributed by atoms with E-state index in [0.717, 1.165) is 6.07 Å². The van der Waals surface area contributed by atoms with Gasteiger partial charge >= 0.3 is 6.18 Å². The van der Waals surface area contributed by atoms with Gasteiger partial charge < -0.3 is 5.11 Å². The zero-order chi connectivity index (χ0) is 10.9. The second-order valence-corrected chi connectivity index (χ2v) is 2.85. The molecular weight excluding hydrogens is 221 g/mol. The molecule has 0 unspecified atom stereocenters. The van der Waals surface area contributed by atoms with E-state index in [1.165, 1.54) is 0 Å². The van der Waals surface area contributed by atoms with E-state index in [-0.39, 0.29) is 0 Å². The average molecular weight is 225 g/mol. The van der Waals surface area contributed by atoms with Crippen molar-refractivity contribution in [3.8, 4) is 5.75 Å². The highest BCUT2D eigenvalue weighted by Gasteiger charge is 2.31. The molecule has 0 saturated heterocycles. The zero-order valence-electron chi connectivity index (χ0n) is 6.60. The molecule has 0 saturated carbocycles. The Hall–Kier alpha value is -1.23. The molecule has 0 aliphatic carbocycles. The molecule has 0 spiro atoms. The molecule has 0 heterocycles. The van der Waals surface area contributed by atoms with Crippen LogP contribution in [-0.4, -0.2) is 10.3 Å². The predicted molar refractivity (Wildman–Crippen MR) is 43.3 cm³/mol. The minimum absolute atomic E-state index is 0.505. The summed E-state index contributed by atoms with van der Waals surface area (Å²) in [5.41, 5.74) is -1.58. The lowest BCUT2D eigenvalue weighted by molar-refractivity contribution is -0.137. The lowest BCUT2D eigenvalue weighted by Gasteiger charge is -2.07. The molecule has 2 nitrogen and oxygen atoms in total. The number of benzene rings is 1. The van der Waals surface area contributed by atoms with Crippen LogP contribution >= 0.6 is 11.6 Å². The van der Waals surface area contributed by atoms with Gasteiger partial charge in [-0.3, -0.25) is 4.79 Å². The average Bonchev–Trinajstić information content (AvgIpc) is 2.02. The van der Waals surface area contributed by atoms with Crippen molar-refractivity contribution in [2.24, 2.45) is 0 Å². The van der Waals surface area contributed by atoms with Crippen LogP contribution in [0.4, 0.5) is 13.2 Å². The van der Waals surface area contributed by atoms with Crippen LogP contribution in [-0.2, 0) is 6.18 Å². The van der Waals surface area contributed by atoms with Crippen LogP contribution in [0.5, 0.6) is 5.75 Å². The van der Waals surface area contributed by atoms with Crippen molar-refractivity contribution in [2.45, 2.75) is 6.18 Å². The Bertz CT molecular complexity index is 373. The summed E-state index contributed by atoms with van der Waals surface area (Å²) in [4.78, 5) is 10.6. The molecule has 0 fully saturated rings. The first-order valence-corrected chi connectivity index (χ1v) is 3.80. The van der Waals surface area contributed by atoms with E-state index in [4.69, 9.17) is 16.7 Å². The lowest BCUT2D eigenvalue weighted by Crippen LogP contribution is -2.06. The zero-order valence-corrected chi connectivity index (χ0v) is 7.36. The Morgan fingerprint density at radius 3 is 2.36 bits per heavy atom. The molecule has 0 aliphatic heterocycles. The van der Waals surface area contributed by atoms with Gasteiger partial charge in [-0.05, 0) is 29.8 Å². The Balaban J connectivity index is 3.27. The molecule has 6 heteroatoms. The quantitative estimate of drug-likeness (QED) is 0.745. The van der Waals surface area contributed by atoms with Crippen LogP contribution < -0.4 is 0 Å². The Morgan fingerprint density at radius 2 is 1.93 bits per heavy atom.